The number of benzene rings is 2. The van der Waals surface area contributed by atoms with Crippen molar-refractivity contribution in [3.63, 3.8) is 0 Å². The molecule has 1 aromatic heterocycles. The summed E-state index contributed by atoms with van der Waals surface area (Å²) in [6.45, 7) is 6.44. The van der Waals surface area contributed by atoms with Crippen LogP contribution in [-0.4, -0.2) is 48.0 Å². The van der Waals surface area contributed by atoms with Gasteiger partial charge in [-0.05, 0) is 37.6 Å². The van der Waals surface area contributed by atoms with Crippen LogP contribution in [0.1, 0.15) is 32.0 Å². The first-order valence-electron chi connectivity index (χ1n) is 10.1. The number of amides is 2. The van der Waals surface area contributed by atoms with E-state index in [2.05, 4.69) is 15.8 Å². The van der Waals surface area contributed by atoms with Gasteiger partial charge in [-0.15, -0.1) is 0 Å². The van der Waals surface area contributed by atoms with Crippen LogP contribution in [0.25, 0.3) is 11.3 Å². The van der Waals surface area contributed by atoms with Crippen LogP contribution in [0.2, 0.25) is 5.02 Å². The second kappa shape index (κ2) is 8.91. The van der Waals surface area contributed by atoms with E-state index in [1.54, 1.807) is 31.2 Å². The molecule has 4 rings (SSSR count). The van der Waals surface area contributed by atoms with E-state index in [4.69, 9.17) is 16.1 Å². The van der Waals surface area contributed by atoms with Gasteiger partial charge in [0.25, 0.3) is 11.8 Å². The lowest BCUT2D eigenvalue weighted by Gasteiger charge is -2.27. The number of aromatic nitrogens is 1. The Hall–Kier alpha value is -3.16. The number of rotatable bonds is 4. The molecule has 0 unspecified atom stereocenters. The van der Waals surface area contributed by atoms with Gasteiger partial charge in [0.1, 0.15) is 17.0 Å². The molecular formula is C23H23ClN4O3. The number of hydrogen-bond donors (Lipinski definition) is 2. The van der Waals surface area contributed by atoms with E-state index < -0.39 is 0 Å². The van der Waals surface area contributed by atoms with Crippen LogP contribution in [0.4, 0.5) is 5.69 Å². The molecule has 2 heterocycles. The molecule has 2 N–H and O–H groups in total. The normalized spacial score (nSPS) is 13.8. The van der Waals surface area contributed by atoms with Crippen molar-refractivity contribution >= 4 is 29.1 Å². The van der Waals surface area contributed by atoms with Crippen molar-refractivity contribution < 1.29 is 14.1 Å². The standard InChI is InChI=1S/C23H23ClN4O3/c1-14-7-8-16(23(30)28-11-9-25-10-12-28)13-19(14)26-22(29)20-15(2)31-27-21(20)17-5-3-4-6-18(17)24/h3-8,13,25H,9-12H2,1-2H3,(H,26,29). The molecule has 0 aliphatic carbocycles. The van der Waals surface area contributed by atoms with Gasteiger partial charge < -0.3 is 20.1 Å². The minimum absolute atomic E-state index is 0.0464. The van der Waals surface area contributed by atoms with Crippen molar-refractivity contribution in [3.8, 4) is 11.3 Å². The minimum Gasteiger partial charge on any atom is -0.360 e. The van der Waals surface area contributed by atoms with Crippen molar-refractivity contribution in [1.29, 1.82) is 0 Å². The van der Waals surface area contributed by atoms with Crippen molar-refractivity contribution in [1.82, 2.24) is 15.4 Å². The van der Waals surface area contributed by atoms with E-state index in [9.17, 15) is 9.59 Å². The lowest BCUT2D eigenvalue weighted by atomic mass is 10.0. The second-order valence-corrected chi connectivity index (χ2v) is 7.88. The van der Waals surface area contributed by atoms with Gasteiger partial charge >= 0.3 is 0 Å². The fourth-order valence-corrected chi connectivity index (χ4v) is 3.83. The Balaban J connectivity index is 1.62. The second-order valence-electron chi connectivity index (χ2n) is 7.47. The van der Waals surface area contributed by atoms with E-state index >= 15 is 0 Å². The summed E-state index contributed by atoms with van der Waals surface area (Å²) < 4.78 is 5.30. The Labute approximate surface area is 185 Å². The summed E-state index contributed by atoms with van der Waals surface area (Å²) in [5.41, 5.74) is 3.26. The predicted octanol–water partition coefficient (Wildman–Crippen LogP) is 3.91. The molecule has 160 valence electrons. The zero-order valence-corrected chi connectivity index (χ0v) is 18.1. The molecule has 0 bridgehead atoms. The fourth-order valence-electron chi connectivity index (χ4n) is 3.60. The lowest BCUT2D eigenvalue weighted by Crippen LogP contribution is -2.46. The highest BCUT2D eigenvalue weighted by Crippen LogP contribution is 2.31. The average Bonchev–Trinajstić information content (AvgIpc) is 3.17. The maximum absolute atomic E-state index is 13.2. The van der Waals surface area contributed by atoms with E-state index in [0.717, 1.165) is 18.7 Å². The highest BCUT2D eigenvalue weighted by molar-refractivity contribution is 6.33. The third-order valence-corrected chi connectivity index (χ3v) is 5.69. The Morgan fingerprint density at radius 1 is 1.13 bits per heavy atom. The van der Waals surface area contributed by atoms with E-state index in [-0.39, 0.29) is 11.8 Å². The number of nitrogens with zero attached hydrogens (tertiary/aromatic N) is 2. The van der Waals surface area contributed by atoms with Gasteiger partial charge in [0.15, 0.2) is 0 Å². The molecule has 7 nitrogen and oxygen atoms in total. The Morgan fingerprint density at radius 2 is 1.87 bits per heavy atom. The van der Waals surface area contributed by atoms with Crippen molar-refractivity contribution in [2.24, 2.45) is 0 Å². The van der Waals surface area contributed by atoms with Crippen molar-refractivity contribution in [3.05, 3.63) is 69.9 Å². The predicted molar refractivity (Wildman–Crippen MR) is 120 cm³/mol. The maximum atomic E-state index is 13.2. The molecule has 0 atom stereocenters. The first-order valence-corrected chi connectivity index (χ1v) is 10.5. The molecule has 1 saturated heterocycles. The summed E-state index contributed by atoms with van der Waals surface area (Å²) in [5, 5.41) is 10.7. The fraction of sp³-hybridized carbons (Fsp3) is 0.261. The summed E-state index contributed by atoms with van der Waals surface area (Å²) in [6.07, 6.45) is 0. The molecule has 0 radical (unpaired) electrons. The smallest absolute Gasteiger partial charge is 0.261 e. The third-order valence-electron chi connectivity index (χ3n) is 5.36. The zero-order valence-electron chi connectivity index (χ0n) is 17.4. The van der Waals surface area contributed by atoms with Crippen LogP contribution in [0.5, 0.6) is 0 Å². The molecule has 0 spiro atoms. The maximum Gasteiger partial charge on any atom is 0.261 e. The van der Waals surface area contributed by atoms with Crippen molar-refractivity contribution in [2.75, 3.05) is 31.5 Å². The zero-order chi connectivity index (χ0) is 22.0. The number of carbonyl (C=O) groups excluding carboxylic acids is 2. The number of carbonyl (C=O) groups is 2. The molecule has 0 saturated carbocycles. The number of aryl methyl sites for hydroxylation is 2. The molecule has 31 heavy (non-hydrogen) atoms. The number of halogens is 1. The summed E-state index contributed by atoms with van der Waals surface area (Å²) in [4.78, 5) is 27.8. The molecule has 1 aliphatic rings. The minimum atomic E-state index is -0.372. The van der Waals surface area contributed by atoms with Crippen LogP contribution >= 0.6 is 11.6 Å². The van der Waals surface area contributed by atoms with E-state index in [0.29, 0.717) is 51.9 Å². The van der Waals surface area contributed by atoms with E-state index in [1.807, 2.05) is 30.0 Å². The molecule has 1 fully saturated rings. The topological polar surface area (TPSA) is 87.5 Å². The molecular weight excluding hydrogens is 416 g/mol. The average molecular weight is 439 g/mol. The van der Waals surface area contributed by atoms with Gasteiger partial charge in [0.2, 0.25) is 0 Å². The van der Waals surface area contributed by atoms with Gasteiger partial charge in [0, 0.05) is 43.0 Å². The van der Waals surface area contributed by atoms with Crippen LogP contribution in [0.15, 0.2) is 47.0 Å². The third kappa shape index (κ3) is 4.33. The number of nitrogens with one attached hydrogen (secondary N) is 2. The molecule has 2 amide bonds. The van der Waals surface area contributed by atoms with Crippen LogP contribution in [-0.2, 0) is 0 Å². The van der Waals surface area contributed by atoms with Gasteiger partial charge in [-0.25, -0.2) is 0 Å². The molecule has 3 aromatic rings. The number of piperazine rings is 1. The van der Waals surface area contributed by atoms with Crippen LogP contribution in [0.3, 0.4) is 0 Å². The first kappa shape index (κ1) is 21.1. The molecule has 8 heteroatoms. The van der Waals surface area contributed by atoms with Gasteiger partial charge in [0.05, 0.1) is 5.02 Å². The van der Waals surface area contributed by atoms with E-state index in [1.165, 1.54) is 0 Å². The number of anilines is 1. The van der Waals surface area contributed by atoms with Gasteiger partial charge in [-0.2, -0.15) is 0 Å². The molecule has 1 aliphatic heterocycles. The van der Waals surface area contributed by atoms with Gasteiger partial charge in [-0.3, -0.25) is 9.59 Å². The highest BCUT2D eigenvalue weighted by Gasteiger charge is 2.24. The van der Waals surface area contributed by atoms with Crippen LogP contribution in [0, 0.1) is 13.8 Å². The summed E-state index contributed by atoms with van der Waals surface area (Å²) in [5.74, 6) is -0.0309. The van der Waals surface area contributed by atoms with Crippen LogP contribution < -0.4 is 10.6 Å². The summed E-state index contributed by atoms with van der Waals surface area (Å²) in [7, 11) is 0. The largest absolute Gasteiger partial charge is 0.360 e. The first-order chi connectivity index (χ1) is 15.0. The number of hydrogen-bond acceptors (Lipinski definition) is 5. The van der Waals surface area contributed by atoms with Crippen molar-refractivity contribution in [2.45, 2.75) is 13.8 Å². The Bertz CT molecular complexity index is 1140. The lowest BCUT2D eigenvalue weighted by molar-refractivity contribution is 0.0735. The highest BCUT2D eigenvalue weighted by atomic mass is 35.5. The Morgan fingerprint density at radius 3 is 2.61 bits per heavy atom. The Kier molecular flexibility index (Phi) is 6.06. The summed E-state index contributed by atoms with van der Waals surface area (Å²) in [6, 6.07) is 12.5. The van der Waals surface area contributed by atoms with Gasteiger partial charge in [-0.1, -0.05) is 41.0 Å². The monoisotopic (exact) mass is 438 g/mol. The summed E-state index contributed by atoms with van der Waals surface area (Å²) >= 11 is 6.30. The quantitative estimate of drug-likeness (QED) is 0.644. The molecule has 2 aromatic carbocycles. The SMILES string of the molecule is Cc1ccc(C(=O)N2CCNCC2)cc1NC(=O)c1c(-c2ccccc2Cl)noc1C.